The minimum atomic E-state index is -1.50. The molecule has 0 saturated carbocycles. The predicted octanol–water partition coefficient (Wildman–Crippen LogP) is 9.94. The van der Waals surface area contributed by atoms with Gasteiger partial charge in [-0.05, 0) is 38.5 Å². The van der Waals surface area contributed by atoms with Gasteiger partial charge in [-0.3, -0.25) is 9.59 Å². The van der Waals surface area contributed by atoms with Crippen molar-refractivity contribution in [3.8, 4) is 0 Å². The van der Waals surface area contributed by atoms with E-state index >= 15 is 0 Å². The van der Waals surface area contributed by atoms with Crippen LogP contribution in [0.1, 0.15) is 174 Å². The van der Waals surface area contributed by atoms with Crippen molar-refractivity contribution >= 4 is 17.9 Å². The molecule has 0 bridgehead atoms. The van der Waals surface area contributed by atoms with Crippen LogP contribution in [0.3, 0.4) is 0 Å². The molecule has 0 rings (SSSR count). The number of carboxylic acids is 1. The molecule has 50 heavy (non-hydrogen) atoms. The van der Waals surface area contributed by atoms with E-state index in [1.54, 1.807) is 0 Å². The fourth-order valence-electron chi connectivity index (χ4n) is 5.53. The number of aliphatic carboxylic acids is 1. The summed E-state index contributed by atoms with van der Waals surface area (Å²) in [6.07, 6.45) is 29.9. The third kappa shape index (κ3) is 34.5. The van der Waals surface area contributed by atoms with Crippen LogP contribution in [0.25, 0.3) is 0 Å². The van der Waals surface area contributed by atoms with Crippen molar-refractivity contribution in [2.24, 2.45) is 0 Å². The second-order valence-corrected chi connectivity index (χ2v) is 14.9. The largest absolute Gasteiger partial charge is 0.477 e. The Hall–Kier alpha value is -1.97. The van der Waals surface area contributed by atoms with Crippen molar-refractivity contribution in [3.63, 3.8) is 0 Å². The first-order valence-electron chi connectivity index (χ1n) is 20.4. The average Bonchev–Trinajstić information content (AvgIpc) is 3.06. The molecular formula is C41H78NO8+. The number of hydrogen-bond acceptors (Lipinski definition) is 7. The maximum absolute atomic E-state index is 12.7. The fraction of sp³-hybridized carbons (Fsp3) is 0.878. The molecule has 0 aromatic heterocycles. The zero-order valence-electron chi connectivity index (χ0n) is 33.1. The maximum Gasteiger partial charge on any atom is 0.361 e. The molecule has 1 N–H and O–H groups in total. The van der Waals surface area contributed by atoms with E-state index in [2.05, 4.69) is 26.0 Å². The molecule has 0 fully saturated rings. The summed E-state index contributed by atoms with van der Waals surface area (Å²) in [6.45, 7) is 4.83. The van der Waals surface area contributed by atoms with Gasteiger partial charge >= 0.3 is 17.9 Å². The van der Waals surface area contributed by atoms with E-state index in [1.165, 1.54) is 89.9 Å². The number of hydrogen-bond donors (Lipinski definition) is 1. The van der Waals surface area contributed by atoms with Gasteiger partial charge in [0, 0.05) is 12.8 Å². The summed E-state index contributed by atoms with van der Waals surface area (Å²) in [6, 6.07) is 0. The van der Waals surface area contributed by atoms with Crippen LogP contribution >= 0.6 is 0 Å². The normalized spacial score (nSPS) is 13.1. The van der Waals surface area contributed by atoms with Gasteiger partial charge in [0.1, 0.15) is 13.2 Å². The standard InChI is InChI=1S/C41H77NO8/c1-6-8-10-12-14-16-17-18-19-20-21-22-24-26-28-30-32-39(44)50-37(36-49-41(40(45)46)47-34-33-42(3,4)5)35-48-38(43)31-29-27-25-23-15-13-11-9-7-2/h19-20,37,41H,6-18,21-36H2,1-5H3/p+1/b20-19-. The number of carbonyl (C=O) groups excluding carboxylic acids is 2. The van der Waals surface area contributed by atoms with E-state index in [4.69, 9.17) is 18.9 Å². The van der Waals surface area contributed by atoms with Gasteiger partial charge in [-0.1, -0.05) is 135 Å². The topological polar surface area (TPSA) is 108 Å². The van der Waals surface area contributed by atoms with Crippen molar-refractivity contribution in [2.45, 2.75) is 187 Å². The molecule has 9 nitrogen and oxygen atoms in total. The molecular weight excluding hydrogens is 634 g/mol. The van der Waals surface area contributed by atoms with Crippen LogP contribution in [0, 0.1) is 0 Å². The lowest BCUT2D eigenvalue weighted by Gasteiger charge is -2.25. The van der Waals surface area contributed by atoms with Gasteiger partial charge in [-0.15, -0.1) is 0 Å². The summed E-state index contributed by atoms with van der Waals surface area (Å²) in [5, 5.41) is 9.59. The highest BCUT2D eigenvalue weighted by Gasteiger charge is 2.25. The summed E-state index contributed by atoms with van der Waals surface area (Å²) in [7, 11) is 5.94. The number of allylic oxidation sites excluding steroid dienone is 2. The highest BCUT2D eigenvalue weighted by atomic mass is 16.7. The molecule has 2 unspecified atom stereocenters. The van der Waals surface area contributed by atoms with Crippen molar-refractivity contribution < 1.29 is 42.9 Å². The van der Waals surface area contributed by atoms with Gasteiger partial charge in [0.15, 0.2) is 6.10 Å². The number of nitrogens with zero attached hydrogens (tertiary/aromatic N) is 1. The monoisotopic (exact) mass is 713 g/mol. The van der Waals surface area contributed by atoms with Crippen molar-refractivity contribution in [1.82, 2.24) is 0 Å². The van der Waals surface area contributed by atoms with Crippen molar-refractivity contribution in [3.05, 3.63) is 12.2 Å². The maximum atomic E-state index is 12.7. The number of likely N-dealkylation sites (N-methyl/N-ethyl adjacent to an activating group) is 1. The molecule has 0 aliphatic rings. The quantitative estimate of drug-likeness (QED) is 0.0223. The molecule has 2 atom stereocenters. The Morgan fingerprint density at radius 2 is 1.02 bits per heavy atom. The van der Waals surface area contributed by atoms with E-state index in [0.717, 1.165) is 51.4 Å². The van der Waals surface area contributed by atoms with Gasteiger partial charge in [0.25, 0.3) is 6.29 Å². The molecule has 294 valence electrons. The number of ether oxygens (including phenoxy) is 4. The molecule has 9 heteroatoms. The number of quaternary nitrogens is 1. The van der Waals surface area contributed by atoms with Gasteiger partial charge in [-0.25, -0.2) is 4.79 Å². The minimum absolute atomic E-state index is 0.181. The van der Waals surface area contributed by atoms with Crippen LogP contribution in [0.2, 0.25) is 0 Å². The molecule has 0 heterocycles. The number of rotatable bonds is 37. The molecule has 0 aliphatic carbocycles. The highest BCUT2D eigenvalue weighted by molar-refractivity contribution is 5.71. The zero-order valence-corrected chi connectivity index (χ0v) is 33.1. The Labute approximate surface area is 306 Å². The van der Waals surface area contributed by atoms with Crippen LogP contribution < -0.4 is 0 Å². The third-order valence-corrected chi connectivity index (χ3v) is 8.77. The van der Waals surface area contributed by atoms with Gasteiger partial charge < -0.3 is 28.5 Å². The molecule has 0 aliphatic heterocycles. The van der Waals surface area contributed by atoms with E-state index in [0.29, 0.717) is 23.9 Å². The van der Waals surface area contributed by atoms with Gasteiger partial charge in [0.2, 0.25) is 0 Å². The Morgan fingerprint density at radius 1 is 0.580 bits per heavy atom. The van der Waals surface area contributed by atoms with Crippen LogP contribution in [-0.2, 0) is 33.3 Å². The summed E-state index contributed by atoms with van der Waals surface area (Å²) < 4.78 is 22.6. The lowest BCUT2D eigenvalue weighted by atomic mass is 10.1. The lowest BCUT2D eigenvalue weighted by Crippen LogP contribution is -2.40. The lowest BCUT2D eigenvalue weighted by molar-refractivity contribution is -0.870. The number of unbranched alkanes of at least 4 members (excludes halogenated alkanes) is 20. The molecule has 0 aromatic rings. The zero-order chi connectivity index (χ0) is 37.1. The summed E-state index contributed by atoms with van der Waals surface area (Å²) in [5.41, 5.74) is 0. The van der Waals surface area contributed by atoms with Crippen LogP contribution in [-0.4, -0.2) is 87.4 Å². The first-order valence-corrected chi connectivity index (χ1v) is 20.4. The third-order valence-electron chi connectivity index (χ3n) is 8.77. The molecule has 0 radical (unpaired) electrons. The SMILES string of the molecule is CCCCCCCCC/C=C\CCCCCCCC(=O)OC(COC(=O)CCCCCCCCCCC)COC(OCC[N+](C)(C)C)C(=O)O. The minimum Gasteiger partial charge on any atom is -0.477 e. The van der Waals surface area contributed by atoms with Crippen LogP contribution in [0.4, 0.5) is 0 Å². The second kappa shape index (κ2) is 34.1. The van der Waals surface area contributed by atoms with Gasteiger partial charge in [-0.2, -0.15) is 0 Å². The van der Waals surface area contributed by atoms with Crippen LogP contribution in [0.15, 0.2) is 12.2 Å². The predicted molar refractivity (Wildman–Crippen MR) is 203 cm³/mol. The van der Waals surface area contributed by atoms with Crippen molar-refractivity contribution in [2.75, 3.05) is 47.5 Å². The van der Waals surface area contributed by atoms with Crippen molar-refractivity contribution in [1.29, 1.82) is 0 Å². The number of carboxylic acid groups (broad SMARTS) is 1. The van der Waals surface area contributed by atoms with Crippen LogP contribution in [0.5, 0.6) is 0 Å². The van der Waals surface area contributed by atoms with E-state index in [1.807, 2.05) is 21.1 Å². The summed E-state index contributed by atoms with van der Waals surface area (Å²) in [4.78, 5) is 36.9. The summed E-state index contributed by atoms with van der Waals surface area (Å²) in [5.74, 6) is -2.02. The molecule has 0 amide bonds. The first-order chi connectivity index (χ1) is 24.1. The van der Waals surface area contributed by atoms with E-state index in [-0.39, 0.29) is 32.2 Å². The number of esters is 2. The molecule has 0 spiro atoms. The highest BCUT2D eigenvalue weighted by Crippen LogP contribution is 2.13. The molecule has 0 aromatic carbocycles. The smallest absolute Gasteiger partial charge is 0.361 e. The number of carbonyl (C=O) groups is 3. The first kappa shape index (κ1) is 48.0. The Kier molecular flexibility index (Phi) is 32.8. The fourth-order valence-corrected chi connectivity index (χ4v) is 5.53. The average molecular weight is 713 g/mol. The Morgan fingerprint density at radius 3 is 1.48 bits per heavy atom. The van der Waals surface area contributed by atoms with Gasteiger partial charge in [0.05, 0.1) is 34.4 Å². The van der Waals surface area contributed by atoms with E-state index < -0.39 is 24.3 Å². The second-order valence-electron chi connectivity index (χ2n) is 14.9. The molecule has 0 saturated heterocycles. The Bertz CT molecular complexity index is 841. The summed E-state index contributed by atoms with van der Waals surface area (Å²) >= 11 is 0. The Balaban J connectivity index is 4.48. The van der Waals surface area contributed by atoms with E-state index in [9.17, 15) is 19.5 Å².